The fourth-order valence-electron chi connectivity index (χ4n) is 3.51. The molecule has 0 aromatic heterocycles. The number of carbonyl (C=O) groups is 2. The number of allylic oxidation sites excluding steroid dienone is 1. The molecule has 2 amide bonds. The highest BCUT2D eigenvalue weighted by atomic mass is 16.5. The van der Waals surface area contributed by atoms with Gasteiger partial charge in [0, 0.05) is 5.70 Å². The summed E-state index contributed by atoms with van der Waals surface area (Å²) in [5.41, 5.74) is 4.86. The van der Waals surface area contributed by atoms with Gasteiger partial charge in [0.2, 0.25) is 0 Å². The predicted molar refractivity (Wildman–Crippen MR) is 115 cm³/mol. The molecular weight excluding hydrogens is 376 g/mol. The number of hydrogen-bond acceptors (Lipinski definition) is 3. The predicted octanol–water partition coefficient (Wildman–Crippen LogP) is 4.72. The molecule has 5 nitrogen and oxygen atoms in total. The van der Waals surface area contributed by atoms with E-state index in [-0.39, 0.29) is 12.6 Å². The zero-order valence-corrected chi connectivity index (χ0v) is 16.6. The lowest BCUT2D eigenvalue weighted by molar-refractivity contribution is -0.140. The van der Waals surface area contributed by atoms with Crippen LogP contribution in [0, 0.1) is 0 Å². The number of esters is 1. The Hall–Kier alpha value is -3.86. The standard InChI is InChI=1S/C25H22N2O3/c1-17-22(23(27-25(29)26-17)21-10-6-3-7-11-21)24(28)30-16-18-12-14-20(15-13-18)19-8-4-2-5-9-19/h2-15,23H,16H2,1H3,(H2,26,27,29). The maximum Gasteiger partial charge on any atom is 0.338 e. The van der Waals surface area contributed by atoms with Crippen molar-refractivity contribution in [3.63, 3.8) is 0 Å². The Morgan fingerprint density at radius 3 is 2.13 bits per heavy atom. The van der Waals surface area contributed by atoms with Crippen LogP contribution in [0.4, 0.5) is 4.79 Å². The molecule has 0 spiro atoms. The summed E-state index contributed by atoms with van der Waals surface area (Å²) >= 11 is 0. The summed E-state index contributed by atoms with van der Waals surface area (Å²) in [4.78, 5) is 24.8. The largest absolute Gasteiger partial charge is 0.457 e. The smallest absolute Gasteiger partial charge is 0.338 e. The molecule has 0 saturated carbocycles. The minimum Gasteiger partial charge on any atom is -0.457 e. The number of hydrogen-bond donors (Lipinski definition) is 2. The number of amides is 2. The molecule has 1 aliphatic rings. The van der Waals surface area contributed by atoms with Crippen LogP contribution < -0.4 is 10.6 Å². The summed E-state index contributed by atoms with van der Waals surface area (Å²) in [5.74, 6) is -0.457. The summed E-state index contributed by atoms with van der Waals surface area (Å²) in [6, 6.07) is 26.5. The maximum absolute atomic E-state index is 12.9. The molecule has 0 fully saturated rings. The van der Waals surface area contributed by atoms with Gasteiger partial charge in [-0.25, -0.2) is 9.59 Å². The lowest BCUT2D eigenvalue weighted by Gasteiger charge is -2.28. The van der Waals surface area contributed by atoms with Crippen molar-refractivity contribution in [1.82, 2.24) is 10.6 Å². The van der Waals surface area contributed by atoms with E-state index in [2.05, 4.69) is 22.8 Å². The number of nitrogens with one attached hydrogen (secondary N) is 2. The van der Waals surface area contributed by atoms with Gasteiger partial charge >= 0.3 is 12.0 Å². The Kier molecular flexibility index (Phi) is 5.61. The topological polar surface area (TPSA) is 67.4 Å². The van der Waals surface area contributed by atoms with E-state index in [0.29, 0.717) is 11.3 Å². The Morgan fingerprint density at radius 2 is 1.47 bits per heavy atom. The van der Waals surface area contributed by atoms with Crippen LogP contribution in [-0.4, -0.2) is 12.0 Å². The van der Waals surface area contributed by atoms with Crippen LogP contribution in [0.3, 0.4) is 0 Å². The van der Waals surface area contributed by atoms with E-state index in [1.54, 1.807) is 6.92 Å². The average Bonchev–Trinajstić information content (AvgIpc) is 2.78. The van der Waals surface area contributed by atoms with Crippen molar-refractivity contribution in [3.8, 4) is 11.1 Å². The highest BCUT2D eigenvalue weighted by Gasteiger charge is 2.32. The number of ether oxygens (including phenoxy) is 1. The molecule has 150 valence electrons. The van der Waals surface area contributed by atoms with E-state index in [9.17, 15) is 9.59 Å². The van der Waals surface area contributed by atoms with Crippen molar-refractivity contribution < 1.29 is 14.3 Å². The Balaban J connectivity index is 1.48. The molecule has 0 saturated heterocycles. The second-order valence-electron chi connectivity index (χ2n) is 7.12. The van der Waals surface area contributed by atoms with Crippen molar-refractivity contribution in [2.45, 2.75) is 19.6 Å². The van der Waals surface area contributed by atoms with Crippen LogP contribution >= 0.6 is 0 Å². The van der Waals surface area contributed by atoms with Crippen LogP contribution in [0.5, 0.6) is 0 Å². The van der Waals surface area contributed by atoms with Crippen molar-refractivity contribution in [2.75, 3.05) is 0 Å². The Bertz CT molecular complexity index is 1070. The Morgan fingerprint density at radius 1 is 0.867 bits per heavy atom. The van der Waals surface area contributed by atoms with Gasteiger partial charge in [-0.05, 0) is 29.2 Å². The molecule has 4 rings (SSSR count). The summed E-state index contributed by atoms with van der Waals surface area (Å²) in [5, 5.41) is 5.47. The molecule has 5 heteroatoms. The SMILES string of the molecule is CC1=C(C(=O)OCc2ccc(-c3ccccc3)cc2)C(c2ccccc2)NC(=O)N1. The maximum atomic E-state index is 12.9. The molecule has 1 unspecified atom stereocenters. The van der Waals surface area contributed by atoms with Crippen LogP contribution in [0.15, 0.2) is 96.2 Å². The van der Waals surface area contributed by atoms with Gasteiger partial charge in [-0.3, -0.25) is 0 Å². The minimum atomic E-state index is -0.548. The van der Waals surface area contributed by atoms with E-state index < -0.39 is 12.0 Å². The molecule has 0 bridgehead atoms. The first kappa shape index (κ1) is 19.5. The van der Waals surface area contributed by atoms with E-state index in [1.165, 1.54) is 0 Å². The van der Waals surface area contributed by atoms with Gasteiger partial charge < -0.3 is 15.4 Å². The van der Waals surface area contributed by atoms with Crippen molar-refractivity contribution in [2.24, 2.45) is 0 Å². The monoisotopic (exact) mass is 398 g/mol. The van der Waals surface area contributed by atoms with Gasteiger partial charge in [0.15, 0.2) is 0 Å². The molecule has 1 atom stereocenters. The molecule has 0 radical (unpaired) electrons. The van der Waals surface area contributed by atoms with E-state index >= 15 is 0 Å². The van der Waals surface area contributed by atoms with Gasteiger partial charge in [0.25, 0.3) is 0 Å². The fraction of sp³-hybridized carbons (Fsp3) is 0.120. The first-order valence-corrected chi connectivity index (χ1v) is 9.76. The summed E-state index contributed by atoms with van der Waals surface area (Å²) in [6.45, 7) is 1.86. The summed E-state index contributed by atoms with van der Waals surface area (Å²) in [7, 11) is 0. The first-order valence-electron chi connectivity index (χ1n) is 9.76. The van der Waals surface area contributed by atoms with Gasteiger partial charge in [-0.1, -0.05) is 84.9 Å². The van der Waals surface area contributed by atoms with Crippen LogP contribution in [-0.2, 0) is 16.1 Å². The van der Waals surface area contributed by atoms with Crippen LogP contribution in [0.25, 0.3) is 11.1 Å². The third kappa shape index (κ3) is 4.25. The highest BCUT2D eigenvalue weighted by Crippen LogP contribution is 2.28. The van der Waals surface area contributed by atoms with E-state index in [1.807, 2.05) is 72.8 Å². The molecule has 3 aromatic rings. The first-order chi connectivity index (χ1) is 14.6. The number of carbonyl (C=O) groups excluding carboxylic acids is 2. The molecule has 1 heterocycles. The molecule has 3 aromatic carbocycles. The van der Waals surface area contributed by atoms with Crippen LogP contribution in [0.1, 0.15) is 24.1 Å². The fourth-order valence-corrected chi connectivity index (χ4v) is 3.51. The third-order valence-corrected chi connectivity index (χ3v) is 5.05. The molecule has 1 aliphatic heterocycles. The summed E-state index contributed by atoms with van der Waals surface area (Å²) in [6.07, 6.45) is 0. The molecular formula is C25H22N2O3. The number of rotatable bonds is 5. The Labute approximate surface area is 175 Å². The second kappa shape index (κ2) is 8.66. The second-order valence-corrected chi connectivity index (χ2v) is 7.12. The lowest BCUT2D eigenvalue weighted by atomic mass is 9.96. The van der Waals surface area contributed by atoms with E-state index in [4.69, 9.17) is 4.74 Å². The van der Waals surface area contributed by atoms with Gasteiger partial charge in [0.1, 0.15) is 6.61 Å². The highest BCUT2D eigenvalue weighted by molar-refractivity contribution is 5.95. The third-order valence-electron chi connectivity index (χ3n) is 5.05. The van der Waals surface area contributed by atoms with Gasteiger partial charge in [0.05, 0.1) is 11.6 Å². The normalized spacial score (nSPS) is 15.9. The number of benzene rings is 3. The lowest BCUT2D eigenvalue weighted by Crippen LogP contribution is -2.45. The molecule has 30 heavy (non-hydrogen) atoms. The zero-order valence-electron chi connectivity index (χ0n) is 16.6. The molecule has 2 N–H and O–H groups in total. The van der Waals surface area contributed by atoms with Crippen LogP contribution in [0.2, 0.25) is 0 Å². The van der Waals surface area contributed by atoms with E-state index in [0.717, 1.165) is 22.3 Å². The van der Waals surface area contributed by atoms with Crippen molar-refractivity contribution in [3.05, 3.63) is 107 Å². The van der Waals surface area contributed by atoms with Gasteiger partial charge in [-0.15, -0.1) is 0 Å². The quantitative estimate of drug-likeness (QED) is 0.611. The van der Waals surface area contributed by atoms with Crippen molar-refractivity contribution in [1.29, 1.82) is 0 Å². The molecule has 0 aliphatic carbocycles. The average molecular weight is 398 g/mol. The van der Waals surface area contributed by atoms with Gasteiger partial charge in [-0.2, -0.15) is 0 Å². The minimum absolute atomic E-state index is 0.153. The summed E-state index contributed by atoms with van der Waals surface area (Å²) < 4.78 is 5.58. The number of urea groups is 1. The zero-order chi connectivity index (χ0) is 20.9. The van der Waals surface area contributed by atoms with Crippen molar-refractivity contribution >= 4 is 12.0 Å².